The number of hydrogen-bond acceptors (Lipinski definition) is 2. The van der Waals surface area contributed by atoms with Gasteiger partial charge in [-0.05, 0) is 36.8 Å². The van der Waals surface area contributed by atoms with Gasteiger partial charge >= 0.3 is 0 Å². The van der Waals surface area contributed by atoms with E-state index in [1.807, 2.05) is 18.2 Å². The number of carbonyl (C=O) groups excluding carboxylic acids is 1. The first-order valence-corrected chi connectivity index (χ1v) is 6.51. The first kappa shape index (κ1) is 12.2. The van der Waals surface area contributed by atoms with Crippen molar-refractivity contribution in [2.24, 2.45) is 11.8 Å². The largest absolute Gasteiger partial charge is 0.371 e. The number of carbonyl (C=O) groups is 1. The van der Waals surface area contributed by atoms with Crippen LogP contribution in [0.1, 0.15) is 37.0 Å². The van der Waals surface area contributed by atoms with Crippen LogP contribution in [0, 0.1) is 11.8 Å². The van der Waals surface area contributed by atoms with Gasteiger partial charge in [-0.15, -0.1) is 0 Å². The molecule has 1 saturated heterocycles. The molecule has 1 aliphatic heterocycles. The van der Waals surface area contributed by atoms with Crippen LogP contribution in [0.2, 0.25) is 0 Å². The minimum Gasteiger partial charge on any atom is -0.371 e. The molecule has 0 bridgehead atoms. The zero-order valence-corrected chi connectivity index (χ0v) is 10.7. The molecular formula is C15H21NO. The number of anilines is 1. The molecule has 0 spiro atoms. The lowest BCUT2D eigenvalue weighted by molar-refractivity contribution is 0.112. The minimum atomic E-state index is 0.776. The monoisotopic (exact) mass is 231 g/mol. The van der Waals surface area contributed by atoms with Crippen LogP contribution in [0.3, 0.4) is 0 Å². The van der Waals surface area contributed by atoms with Gasteiger partial charge in [0.15, 0.2) is 6.29 Å². The molecule has 17 heavy (non-hydrogen) atoms. The summed E-state index contributed by atoms with van der Waals surface area (Å²) in [5, 5.41) is 0. The Morgan fingerprint density at radius 2 is 1.88 bits per heavy atom. The van der Waals surface area contributed by atoms with E-state index in [0.29, 0.717) is 0 Å². The zero-order chi connectivity index (χ0) is 12.3. The summed E-state index contributed by atoms with van der Waals surface area (Å²) in [6.45, 7) is 6.76. The molecule has 0 aromatic heterocycles. The minimum absolute atomic E-state index is 0.776. The van der Waals surface area contributed by atoms with Crippen molar-refractivity contribution in [3.05, 3.63) is 29.8 Å². The van der Waals surface area contributed by atoms with E-state index in [1.54, 1.807) is 0 Å². The third-order valence-electron chi connectivity index (χ3n) is 3.89. The molecule has 0 unspecified atom stereocenters. The van der Waals surface area contributed by atoms with Crippen molar-refractivity contribution in [1.29, 1.82) is 0 Å². The Kier molecular flexibility index (Phi) is 3.82. The van der Waals surface area contributed by atoms with Gasteiger partial charge in [-0.3, -0.25) is 4.79 Å². The maximum Gasteiger partial charge on any atom is 0.152 e. The standard InChI is InChI=1S/C15H21NO/c1-12(2)13-7-9-16(10-8-13)15-6-4-3-5-14(15)11-17/h3-6,11-13H,7-10H2,1-2H3. The Morgan fingerprint density at radius 1 is 1.24 bits per heavy atom. The van der Waals surface area contributed by atoms with Crippen LogP contribution in [0.4, 0.5) is 5.69 Å². The number of piperidine rings is 1. The summed E-state index contributed by atoms with van der Waals surface area (Å²) in [7, 11) is 0. The van der Waals surface area contributed by atoms with Crippen LogP contribution in [-0.2, 0) is 0 Å². The highest BCUT2D eigenvalue weighted by molar-refractivity contribution is 5.84. The second kappa shape index (κ2) is 5.35. The van der Waals surface area contributed by atoms with Gasteiger partial charge in [-0.1, -0.05) is 26.0 Å². The first-order valence-electron chi connectivity index (χ1n) is 6.51. The highest BCUT2D eigenvalue weighted by Gasteiger charge is 2.22. The van der Waals surface area contributed by atoms with E-state index in [9.17, 15) is 4.79 Å². The molecule has 1 aliphatic rings. The highest BCUT2D eigenvalue weighted by Crippen LogP contribution is 2.28. The van der Waals surface area contributed by atoms with Crippen LogP contribution in [-0.4, -0.2) is 19.4 Å². The van der Waals surface area contributed by atoms with Crippen LogP contribution in [0.5, 0.6) is 0 Å². The first-order chi connectivity index (χ1) is 8.22. The summed E-state index contributed by atoms with van der Waals surface area (Å²) < 4.78 is 0. The average molecular weight is 231 g/mol. The van der Waals surface area contributed by atoms with E-state index in [2.05, 4.69) is 24.8 Å². The number of rotatable bonds is 3. The third-order valence-corrected chi connectivity index (χ3v) is 3.89. The lowest BCUT2D eigenvalue weighted by Gasteiger charge is -2.35. The molecule has 0 N–H and O–H groups in total. The molecule has 2 nitrogen and oxygen atoms in total. The Labute approximate surface area is 104 Å². The molecule has 2 rings (SSSR count). The summed E-state index contributed by atoms with van der Waals surface area (Å²) in [5.74, 6) is 1.62. The van der Waals surface area contributed by atoms with Gasteiger partial charge in [0.2, 0.25) is 0 Å². The molecule has 1 fully saturated rings. The van der Waals surface area contributed by atoms with Gasteiger partial charge in [-0.25, -0.2) is 0 Å². The predicted octanol–water partition coefficient (Wildman–Crippen LogP) is 3.37. The van der Waals surface area contributed by atoms with Crippen LogP contribution in [0.15, 0.2) is 24.3 Å². The molecule has 1 aromatic rings. The second-order valence-electron chi connectivity index (χ2n) is 5.25. The molecule has 0 atom stereocenters. The van der Waals surface area contributed by atoms with Crippen LogP contribution >= 0.6 is 0 Å². The Balaban J connectivity index is 2.07. The van der Waals surface area contributed by atoms with Gasteiger partial charge in [0.1, 0.15) is 0 Å². The Bertz CT molecular complexity index is 378. The number of nitrogens with zero attached hydrogens (tertiary/aromatic N) is 1. The van der Waals surface area contributed by atoms with Gasteiger partial charge in [-0.2, -0.15) is 0 Å². The molecule has 0 aliphatic carbocycles. The van der Waals surface area contributed by atoms with E-state index in [4.69, 9.17) is 0 Å². The smallest absolute Gasteiger partial charge is 0.152 e. The molecule has 1 aromatic carbocycles. The van der Waals surface area contributed by atoms with Crippen molar-refractivity contribution < 1.29 is 4.79 Å². The van der Waals surface area contributed by atoms with E-state index >= 15 is 0 Å². The van der Waals surface area contributed by atoms with E-state index < -0.39 is 0 Å². The topological polar surface area (TPSA) is 20.3 Å². The summed E-state index contributed by atoms with van der Waals surface area (Å²) in [6, 6.07) is 7.89. The lowest BCUT2D eigenvalue weighted by atomic mass is 9.86. The maximum absolute atomic E-state index is 11.0. The number of hydrogen-bond donors (Lipinski definition) is 0. The quantitative estimate of drug-likeness (QED) is 0.743. The van der Waals surface area contributed by atoms with E-state index in [-0.39, 0.29) is 0 Å². The Hall–Kier alpha value is -1.31. The maximum atomic E-state index is 11.0. The molecule has 1 heterocycles. The van der Waals surface area contributed by atoms with Crippen molar-refractivity contribution in [2.75, 3.05) is 18.0 Å². The third kappa shape index (κ3) is 2.68. The number of aldehydes is 1. The summed E-state index contributed by atoms with van der Waals surface area (Å²) in [4.78, 5) is 13.4. The molecule has 0 saturated carbocycles. The molecule has 0 amide bonds. The summed E-state index contributed by atoms with van der Waals surface area (Å²) in [6.07, 6.45) is 3.44. The second-order valence-corrected chi connectivity index (χ2v) is 5.25. The average Bonchev–Trinajstić information content (AvgIpc) is 2.39. The van der Waals surface area contributed by atoms with E-state index in [0.717, 1.165) is 42.5 Å². The predicted molar refractivity (Wildman–Crippen MR) is 71.6 cm³/mol. The highest BCUT2D eigenvalue weighted by atomic mass is 16.1. The van der Waals surface area contributed by atoms with Crippen LogP contribution in [0.25, 0.3) is 0 Å². The molecular weight excluding hydrogens is 210 g/mol. The van der Waals surface area contributed by atoms with Crippen molar-refractivity contribution in [2.45, 2.75) is 26.7 Å². The normalized spacial score (nSPS) is 17.5. The van der Waals surface area contributed by atoms with Gasteiger partial charge < -0.3 is 4.90 Å². The molecule has 92 valence electrons. The van der Waals surface area contributed by atoms with Crippen molar-refractivity contribution in [3.8, 4) is 0 Å². The zero-order valence-electron chi connectivity index (χ0n) is 10.7. The fraction of sp³-hybridized carbons (Fsp3) is 0.533. The fourth-order valence-corrected chi connectivity index (χ4v) is 2.68. The number of benzene rings is 1. The fourth-order valence-electron chi connectivity index (χ4n) is 2.68. The lowest BCUT2D eigenvalue weighted by Crippen LogP contribution is -2.35. The van der Waals surface area contributed by atoms with Crippen LogP contribution < -0.4 is 4.90 Å². The van der Waals surface area contributed by atoms with Crippen molar-refractivity contribution in [3.63, 3.8) is 0 Å². The Morgan fingerprint density at radius 3 is 2.47 bits per heavy atom. The van der Waals surface area contributed by atoms with Gasteiger partial charge in [0, 0.05) is 24.3 Å². The number of para-hydroxylation sites is 1. The summed E-state index contributed by atoms with van der Waals surface area (Å²) in [5.41, 5.74) is 1.92. The van der Waals surface area contributed by atoms with Crippen molar-refractivity contribution in [1.82, 2.24) is 0 Å². The van der Waals surface area contributed by atoms with Gasteiger partial charge in [0.25, 0.3) is 0 Å². The molecule has 0 radical (unpaired) electrons. The summed E-state index contributed by atoms with van der Waals surface area (Å²) >= 11 is 0. The van der Waals surface area contributed by atoms with Gasteiger partial charge in [0.05, 0.1) is 0 Å². The van der Waals surface area contributed by atoms with E-state index in [1.165, 1.54) is 12.8 Å². The molecule has 2 heteroatoms. The van der Waals surface area contributed by atoms with Crippen molar-refractivity contribution >= 4 is 12.0 Å². The SMILES string of the molecule is CC(C)C1CCN(c2ccccc2C=O)CC1.